The van der Waals surface area contributed by atoms with Crippen molar-refractivity contribution in [2.45, 2.75) is 83.4 Å². The predicted octanol–water partition coefficient (Wildman–Crippen LogP) is 2.93. The maximum Gasteiger partial charge on any atom is 0.339 e. The van der Waals surface area contributed by atoms with Gasteiger partial charge in [0.1, 0.15) is 5.60 Å². The second kappa shape index (κ2) is 9.33. The Kier molecular flexibility index (Phi) is 6.90. The average Bonchev–Trinajstić information content (AvgIpc) is 2.76. The Morgan fingerprint density at radius 3 is 2.27 bits per heavy atom. The third-order valence-electron chi connectivity index (χ3n) is 6.00. The van der Waals surface area contributed by atoms with E-state index in [1.807, 2.05) is 0 Å². The van der Waals surface area contributed by atoms with E-state index in [2.05, 4.69) is 10.6 Å². The van der Waals surface area contributed by atoms with Crippen molar-refractivity contribution in [3.8, 4) is 0 Å². The number of carbonyl (C=O) groups excluding carboxylic acids is 5. The van der Waals surface area contributed by atoms with Gasteiger partial charge in [0, 0.05) is 6.04 Å². The van der Waals surface area contributed by atoms with E-state index in [-0.39, 0.29) is 23.6 Å². The van der Waals surface area contributed by atoms with Gasteiger partial charge in [-0.05, 0) is 52.2 Å². The molecule has 2 aliphatic rings. The van der Waals surface area contributed by atoms with E-state index >= 15 is 0 Å². The van der Waals surface area contributed by atoms with Crippen LogP contribution in [0, 0.1) is 0 Å². The summed E-state index contributed by atoms with van der Waals surface area (Å²) in [5.74, 6) is -3.10. The number of hydrogen-bond donors (Lipinski definition) is 2. The van der Waals surface area contributed by atoms with E-state index in [0.717, 1.165) is 24.2 Å². The molecule has 9 nitrogen and oxygen atoms in total. The molecule has 1 heterocycles. The molecular weight excluding hydrogens is 426 g/mol. The molecule has 1 unspecified atom stereocenters. The zero-order chi connectivity index (χ0) is 24.4. The van der Waals surface area contributed by atoms with Crippen molar-refractivity contribution in [3.63, 3.8) is 0 Å². The second-order valence-corrected chi connectivity index (χ2v) is 9.49. The highest BCUT2D eigenvalue weighted by molar-refractivity contribution is 6.24. The maximum atomic E-state index is 13.5. The smallest absolute Gasteiger partial charge is 0.339 e. The third-order valence-corrected chi connectivity index (χ3v) is 6.00. The van der Waals surface area contributed by atoms with Crippen LogP contribution in [0.3, 0.4) is 0 Å². The highest BCUT2D eigenvalue weighted by Crippen LogP contribution is 2.29. The van der Waals surface area contributed by atoms with Crippen molar-refractivity contribution < 1.29 is 28.7 Å². The molecule has 0 radical (unpaired) electrons. The highest BCUT2D eigenvalue weighted by atomic mass is 16.6. The van der Waals surface area contributed by atoms with E-state index in [1.54, 1.807) is 39.8 Å². The van der Waals surface area contributed by atoms with Crippen LogP contribution < -0.4 is 10.6 Å². The Morgan fingerprint density at radius 2 is 1.70 bits per heavy atom. The van der Waals surface area contributed by atoms with Crippen LogP contribution >= 0.6 is 0 Å². The van der Waals surface area contributed by atoms with Crippen LogP contribution in [0.1, 0.15) is 86.9 Å². The Balaban J connectivity index is 1.92. The summed E-state index contributed by atoms with van der Waals surface area (Å²) in [4.78, 5) is 66.0. The van der Waals surface area contributed by atoms with Gasteiger partial charge in [0.25, 0.3) is 17.7 Å². The van der Waals surface area contributed by atoms with Gasteiger partial charge >= 0.3 is 12.0 Å². The molecule has 1 saturated carbocycles. The number of ether oxygens (including phenoxy) is 1. The summed E-state index contributed by atoms with van der Waals surface area (Å²) >= 11 is 0. The van der Waals surface area contributed by atoms with Crippen molar-refractivity contribution >= 4 is 29.7 Å². The molecule has 3 rings (SSSR count). The minimum absolute atomic E-state index is 0.0139. The molecular formula is C24H31N3O6. The summed E-state index contributed by atoms with van der Waals surface area (Å²) in [7, 11) is 0. The van der Waals surface area contributed by atoms with Gasteiger partial charge in [-0.15, -0.1) is 0 Å². The number of esters is 1. The number of benzene rings is 1. The van der Waals surface area contributed by atoms with E-state index < -0.39 is 40.9 Å². The first kappa shape index (κ1) is 24.4. The fraction of sp³-hybridized carbons (Fsp3) is 0.542. The molecule has 1 aliphatic carbocycles. The number of rotatable bonds is 5. The Hall–Kier alpha value is -3.23. The molecule has 1 saturated heterocycles. The van der Waals surface area contributed by atoms with E-state index in [1.165, 1.54) is 12.1 Å². The van der Waals surface area contributed by atoms with Crippen molar-refractivity contribution in [3.05, 3.63) is 35.4 Å². The van der Waals surface area contributed by atoms with E-state index in [0.29, 0.717) is 12.8 Å². The van der Waals surface area contributed by atoms with Crippen molar-refractivity contribution in [2.75, 3.05) is 0 Å². The third kappa shape index (κ3) is 4.91. The van der Waals surface area contributed by atoms with Gasteiger partial charge in [0.05, 0.1) is 11.1 Å². The monoisotopic (exact) mass is 457 g/mol. The molecule has 1 atom stereocenters. The molecule has 1 aliphatic heterocycles. The zero-order valence-electron chi connectivity index (χ0n) is 19.5. The van der Waals surface area contributed by atoms with Crippen LogP contribution in [-0.4, -0.2) is 51.8 Å². The highest BCUT2D eigenvalue weighted by Gasteiger charge is 2.55. The topological polar surface area (TPSA) is 122 Å². The SMILES string of the molecule is CCC1(NC(=O)c2ccccc2C(=O)OC(C)(C)C)C(=O)NC(=O)N(C2CCCCC2)C1=O. The number of imide groups is 2. The lowest BCUT2D eigenvalue weighted by Crippen LogP contribution is -2.75. The van der Waals surface area contributed by atoms with Gasteiger partial charge in [0.15, 0.2) is 5.54 Å². The summed E-state index contributed by atoms with van der Waals surface area (Å²) in [5.41, 5.74) is -2.74. The summed E-state index contributed by atoms with van der Waals surface area (Å²) < 4.78 is 5.39. The summed E-state index contributed by atoms with van der Waals surface area (Å²) in [6.07, 6.45) is 4.03. The minimum atomic E-state index is -1.95. The number of urea groups is 1. The second-order valence-electron chi connectivity index (χ2n) is 9.49. The Morgan fingerprint density at radius 1 is 1.09 bits per heavy atom. The largest absolute Gasteiger partial charge is 0.456 e. The molecule has 0 bridgehead atoms. The normalized spacial score (nSPS) is 22.1. The first-order chi connectivity index (χ1) is 15.5. The lowest BCUT2D eigenvalue weighted by molar-refractivity contribution is -0.148. The number of nitrogens with one attached hydrogen (secondary N) is 2. The molecule has 0 spiro atoms. The zero-order valence-corrected chi connectivity index (χ0v) is 19.5. The van der Waals surface area contributed by atoms with Crippen molar-refractivity contribution in [1.82, 2.24) is 15.5 Å². The molecule has 2 N–H and O–H groups in total. The van der Waals surface area contributed by atoms with Crippen molar-refractivity contribution in [2.24, 2.45) is 0 Å². The minimum Gasteiger partial charge on any atom is -0.456 e. The Labute approximate surface area is 193 Å². The van der Waals surface area contributed by atoms with Gasteiger partial charge in [-0.25, -0.2) is 9.59 Å². The van der Waals surface area contributed by atoms with E-state index in [9.17, 15) is 24.0 Å². The Bertz CT molecular complexity index is 977. The van der Waals surface area contributed by atoms with Crippen molar-refractivity contribution in [1.29, 1.82) is 0 Å². The summed E-state index contributed by atoms with van der Waals surface area (Å²) in [6.45, 7) is 6.72. The molecule has 9 heteroatoms. The number of hydrogen-bond acceptors (Lipinski definition) is 6. The fourth-order valence-electron chi connectivity index (χ4n) is 4.29. The first-order valence-electron chi connectivity index (χ1n) is 11.3. The number of carbonyl (C=O) groups is 5. The quantitative estimate of drug-likeness (QED) is 0.518. The van der Waals surface area contributed by atoms with Gasteiger partial charge in [-0.1, -0.05) is 38.3 Å². The van der Waals surface area contributed by atoms with Gasteiger partial charge < -0.3 is 10.1 Å². The molecule has 178 valence electrons. The van der Waals surface area contributed by atoms with Crippen LogP contribution in [0.2, 0.25) is 0 Å². The molecule has 0 aromatic heterocycles. The molecule has 1 aromatic carbocycles. The molecule has 33 heavy (non-hydrogen) atoms. The number of barbiturate groups is 1. The first-order valence-corrected chi connectivity index (χ1v) is 11.3. The average molecular weight is 458 g/mol. The fourth-order valence-corrected chi connectivity index (χ4v) is 4.29. The standard InChI is InChI=1S/C24H31N3O6/c1-5-24(20(30)25-22(32)27(21(24)31)15-11-7-6-8-12-15)26-18(28)16-13-9-10-14-17(16)19(29)33-23(2,3)4/h9-10,13-15H,5-8,11-12H2,1-4H3,(H,26,28)(H,25,30,32). The molecule has 2 fully saturated rings. The maximum absolute atomic E-state index is 13.5. The lowest BCUT2D eigenvalue weighted by atomic mass is 9.87. The number of nitrogens with zero attached hydrogens (tertiary/aromatic N) is 1. The van der Waals surface area contributed by atoms with Gasteiger partial charge in [-0.3, -0.25) is 24.6 Å². The molecule has 5 amide bonds. The molecule has 1 aromatic rings. The van der Waals surface area contributed by atoms with Crippen LogP contribution in [0.25, 0.3) is 0 Å². The van der Waals surface area contributed by atoms with Crippen LogP contribution in [0.5, 0.6) is 0 Å². The summed E-state index contributed by atoms with van der Waals surface area (Å²) in [6, 6.07) is 4.95. The van der Waals surface area contributed by atoms with Gasteiger partial charge in [-0.2, -0.15) is 0 Å². The van der Waals surface area contributed by atoms with Gasteiger partial charge in [0.2, 0.25) is 0 Å². The summed E-state index contributed by atoms with van der Waals surface area (Å²) in [5, 5.41) is 4.79. The lowest BCUT2D eigenvalue weighted by Gasteiger charge is -2.43. The van der Waals surface area contributed by atoms with Crippen LogP contribution in [0.4, 0.5) is 4.79 Å². The number of amides is 5. The predicted molar refractivity (Wildman–Crippen MR) is 119 cm³/mol. The van der Waals surface area contributed by atoms with E-state index in [4.69, 9.17) is 4.74 Å². The van der Waals surface area contributed by atoms with Crippen LogP contribution in [0.15, 0.2) is 24.3 Å². The van der Waals surface area contributed by atoms with Crippen LogP contribution in [-0.2, 0) is 14.3 Å².